The lowest BCUT2D eigenvalue weighted by Gasteiger charge is -2.15. The minimum atomic E-state index is -0.773. The van der Waals surface area contributed by atoms with E-state index in [1.165, 1.54) is 26.4 Å². The van der Waals surface area contributed by atoms with Gasteiger partial charge in [-0.2, -0.15) is 0 Å². The van der Waals surface area contributed by atoms with Gasteiger partial charge in [0.15, 0.2) is 0 Å². The van der Waals surface area contributed by atoms with Gasteiger partial charge in [0.05, 0.1) is 14.2 Å². The number of halogens is 1. The van der Waals surface area contributed by atoms with Crippen molar-refractivity contribution in [2.75, 3.05) is 14.2 Å². The normalized spacial score (nSPS) is 11.9. The molecule has 20 heavy (non-hydrogen) atoms. The fourth-order valence-corrected chi connectivity index (χ4v) is 1.78. The first-order valence-corrected chi connectivity index (χ1v) is 6.09. The van der Waals surface area contributed by atoms with Crippen LogP contribution in [0.15, 0.2) is 35.6 Å². The summed E-state index contributed by atoms with van der Waals surface area (Å²) in [7, 11) is 2.57. The standard InChI is InChI=1S/C15H17FO4/c1-9(2)14(19-3)12(15(18)20-4)13(17)10-5-7-11(16)8-6-10/h5-9H,1-4H3. The summed E-state index contributed by atoms with van der Waals surface area (Å²) in [6.45, 7) is 3.58. The van der Waals surface area contributed by atoms with Gasteiger partial charge in [-0.15, -0.1) is 0 Å². The Bertz CT molecular complexity index is 529. The van der Waals surface area contributed by atoms with Gasteiger partial charge >= 0.3 is 5.97 Å². The van der Waals surface area contributed by atoms with E-state index in [4.69, 9.17) is 4.74 Å². The number of carbonyl (C=O) groups excluding carboxylic acids is 2. The Morgan fingerprint density at radius 3 is 2.00 bits per heavy atom. The Morgan fingerprint density at radius 1 is 1.05 bits per heavy atom. The van der Waals surface area contributed by atoms with Crippen molar-refractivity contribution in [3.05, 3.63) is 47.0 Å². The van der Waals surface area contributed by atoms with E-state index in [9.17, 15) is 14.0 Å². The van der Waals surface area contributed by atoms with Crippen molar-refractivity contribution in [3.63, 3.8) is 0 Å². The van der Waals surface area contributed by atoms with E-state index in [1.54, 1.807) is 13.8 Å². The quantitative estimate of drug-likeness (QED) is 0.208. The van der Waals surface area contributed by atoms with Gasteiger partial charge in [0, 0.05) is 11.5 Å². The van der Waals surface area contributed by atoms with E-state index >= 15 is 0 Å². The Hall–Kier alpha value is -2.17. The van der Waals surface area contributed by atoms with Crippen molar-refractivity contribution >= 4 is 11.8 Å². The van der Waals surface area contributed by atoms with Crippen LogP contribution in [0.25, 0.3) is 0 Å². The van der Waals surface area contributed by atoms with Crippen molar-refractivity contribution in [2.45, 2.75) is 13.8 Å². The molecule has 0 aromatic heterocycles. The monoisotopic (exact) mass is 280 g/mol. The SMILES string of the molecule is COC(=O)C(C(=O)c1ccc(F)cc1)=C(OC)C(C)C. The molecule has 0 atom stereocenters. The second-order valence-electron chi connectivity index (χ2n) is 4.43. The summed E-state index contributed by atoms with van der Waals surface area (Å²) < 4.78 is 22.7. The maximum atomic E-state index is 12.9. The van der Waals surface area contributed by atoms with Crippen LogP contribution in [0.4, 0.5) is 4.39 Å². The van der Waals surface area contributed by atoms with Gasteiger partial charge in [-0.3, -0.25) is 4.79 Å². The lowest BCUT2D eigenvalue weighted by atomic mass is 9.98. The number of rotatable bonds is 5. The number of benzene rings is 1. The molecule has 0 spiro atoms. The average Bonchev–Trinajstić information content (AvgIpc) is 2.43. The molecule has 0 aliphatic heterocycles. The van der Waals surface area contributed by atoms with Crippen molar-refractivity contribution < 1.29 is 23.5 Å². The maximum absolute atomic E-state index is 12.9. The molecule has 0 saturated heterocycles. The van der Waals surface area contributed by atoms with Crippen LogP contribution in [0.2, 0.25) is 0 Å². The highest BCUT2D eigenvalue weighted by Crippen LogP contribution is 2.21. The van der Waals surface area contributed by atoms with Crippen molar-refractivity contribution in [2.24, 2.45) is 5.92 Å². The molecule has 4 nitrogen and oxygen atoms in total. The number of methoxy groups -OCH3 is 2. The molecule has 0 bridgehead atoms. The lowest BCUT2D eigenvalue weighted by Crippen LogP contribution is -2.20. The van der Waals surface area contributed by atoms with Crippen LogP contribution in [-0.2, 0) is 14.3 Å². The van der Waals surface area contributed by atoms with Crippen LogP contribution in [0.1, 0.15) is 24.2 Å². The third kappa shape index (κ3) is 3.44. The highest BCUT2D eigenvalue weighted by atomic mass is 19.1. The summed E-state index contributed by atoms with van der Waals surface area (Å²) in [5.41, 5.74) is 0.0265. The molecule has 5 heteroatoms. The molecule has 0 heterocycles. The molecule has 0 unspecified atom stereocenters. The van der Waals surface area contributed by atoms with E-state index in [0.717, 1.165) is 12.1 Å². The fraction of sp³-hybridized carbons (Fsp3) is 0.333. The first-order valence-electron chi connectivity index (χ1n) is 6.09. The third-order valence-electron chi connectivity index (χ3n) is 2.71. The van der Waals surface area contributed by atoms with E-state index in [0.29, 0.717) is 0 Å². The molecule has 0 radical (unpaired) electrons. The Kier molecular flexibility index (Phi) is 5.43. The minimum Gasteiger partial charge on any atom is -0.500 e. The van der Waals surface area contributed by atoms with E-state index in [-0.39, 0.29) is 22.8 Å². The molecule has 0 amide bonds. The zero-order valence-electron chi connectivity index (χ0n) is 11.9. The summed E-state index contributed by atoms with van der Waals surface area (Å²) in [6, 6.07) is 4.94. The first-order chi connectivity index (χ1) is 9.42. The minimum absolute atomic E-state index is 0.168. The topological polar surface area (TPSA) is 52.6 Å². The molecular formula is C15H17FO4. The van der Waals surface area contributed by atoms with Gasteiger partial charge in [0.25, 0.3) is 0 Å². The molecule has 0 saturated carbocycles. The molecule has 0 aliphatic rings. The van der Waals surface area contributed by atoms with Crippen LogP contribution in [0.3, 0.4) is 0 Å². The number of Topliss-reactive ketones (excluding diaryl/α,β-unsaturated/α-hetero) is 1. The zero-order chi connectivity index (χ0) is 15.3. The zero-order valence-corrected chi connectivity index (χ0v) is 11.9. The first kappa shape index (κ1) is 15.9. The lowest BCUT2D eigenvalue weighted by molar-refractivity contribution is -0.136. The smallest absolute Gasteiger partial charge is 0.345 e. The second-order valence-corrected chi connectivity index (χ2v) is 4.43. The summed E-state index contributed by atoms with van der Waals surface area (Å²) in [6.07, 6.45) is 0. The van der Waals surface area contributed by atoms with Crippen LogP contribution >= 0.6 is 0 Å². The van der Waals surface area contributed by atoms with Crippen molar-refractivity contribution in [3.8, 4) is 0 Å². The molecule has 1 aromatic carbocycles. The van der Waals surface area contributed by atoms with Crippen LogP contribution in [0.5, 0.6) is 0 Å². The van der Waals surface area contributed by atoms with Crippen LogP contribution in [0, 0.1) is 11.7 Å². The molecule has 0 aliphatic carbocycles. The Morgan fingerprint density at radius 2 is 1.60 bits per heavy atom. The maximum Gasteiger partial charge on any atom is 0.345 e. The van der Waals surface area contributed by atoms with Crippen LogP contribution < -0.4 is 0 Å². The number of ketones is 1. The van der Waals surface area contributed by atoms with Gasteiger partial charge in [-0.25, -0.2) is 9.18 Å². The summed E-state index contributed by atoms with van der Waals surface area (Å²) in [4.78, 5) is 24.2. The Labute approximate surface area is 117 Å². The number of ether oxygens (including phenoxy) is 2. The van der Waals surface area contributed by atoms with E-state index < -0.39 is 17.6 Å². The van der Waals surface area contributed by atoms with Gasteiger partial charge in [-0.1, -0.05) is 13.8 Å². The molecule has 0 fully saturated rings. The van der Waals surface area contributed by atoms with Gasteiger partial charge in [0.1, 0.15) is 17.1 Å². The van der Waals surface area contributed by atoms with Gasteiger partial charge in [-0.05, 0) is 24.3 Å². The van der Waals surface area contributed by atoms with E-state index in [2.05, 4.69) is 4.74 Å². The molecular weight excluding hydrogens is 263 g/mol. The summed E-state index contributed by atoms with van der Waals surface area (Å²) in [5, 5.41) is 0. The fourth-order valence-electron chi connectivity index (χ4n) is 1.78. The summed E-state index contributed by atoms with van der Waals surface area (Å²) >= 11 is 0. The molecule has 108 valence electrons. The number of esters is 1. The van der Waals surface area contributed by atoms with Crippen LogP contribution in [-0.4, -0.2) is 26.0 Å². The summed E-state index contributed by atoms with van der Waals surface area (Å²) in [5.74, 6) is -1.71. The number of hydrogen-bond acceptors (Lipinski definition) is 4. The number of allylic oxidation sites excluding steroid dienone is 1. The largest absolute Gasteiger partial charge is 0.500 e. The number of hydrogen-bond donors (Lipinski definition) is 0. The van der Waals surface area contributed by atoms with E-state index in [1.807, 2.05) is 0 Å². The van der Waals surface area contributed by atoms with Gasteiger partial charge in [0.2, 0.25) is 5.78 Å². The van der Waals surface area contributed by atoms with Crippen molar-refractivity contribution in [1.29, 1.82) is 0 Å². The Balaban J connectivity index is 3.35. The predicted octanol–water partition coefficient (Wildman–Crippen LogP) is 2.74. The average molecular weight is 280 g/mol. The molecule has 1 rings (SSSR count). The molecule has 0 N–H and O–H groups in total. The number of carbonyl (C=O) groups is 2. The highest BCUT2D eigenvalue weighted by Gasteiger charge is 2.27. The molecule has 1 aromatic rings. The van der Waals surface area contributed by atoms with Crippen molar-refractivity contribution in [1.82, 2.24) is 0 Å². The predicted molar refractivity (Wildman–Crippen MR) is 71.6 cm³/mol. The highest BCUT2D eigenvalue weighted by molar-refractivity contribution is 6.24. The van der Waals surface area contributed by atoms with Gasteiger partial charge < -0.3 is 9.47 Å². The second kappa shape index (κ2) is 6.84. The third-order valence-corrected chi connectivity index (χ3v) is 2.71.